The van der Waals surface area contributed by atoms with E-state index >= 15 is 0 Å². The third kappa shape index (κ3) is 8.45. The van der Waals surface area contributed by atoms with Gasteiger partial charge in [-0.05, 0) is 78.3 Å². The molecule has 5 nitrogen and oxygen atoms in total. The van der Waals surface area contributed by atoms with Gasteiger partial charge >= 0.3 is 0 Å². The second kappa shape index (κ2) is 16.3. The van der Waals surface area contributed by atoms with Crippen molar-refractivity contribution >= 4 is 11.6 Å². The molecule has 2 atom stereocenters. The van der Waals surface area contributed by atoms with E-state index < -0.39 is 0 Å². The van der Waals surface area contributed by atoms with Crippen molar-refractivity contribution in [2.24, 2.45) is 0 Å². The zero-order valence-corrected chi connectivity index (χ0v) is 27.8. The Morgan fingerprint density at radius 1 is 0.809 bits per heavy atom. The van der Waals surface area contributed by atoms with E-state index in [4.69, 9.17) is 9.47 Å². The number of para-hydroxylation sites is 1. The summed E-state index contributed by atoms with van der Waals surface area (Å²) in [4.78, 5) is 14.3. The average molecular weight is 633 g/mol. The number of aromatic nitrogens is 1. The Bertz CT molecular complexity index is 1700. The summed E-state index contributed by atoms with van der Waals surface area (Å²) in [5.41, 5.74) is 6.92. The number of carbonyl (C=O) groups excluding carboxylic acids is 1. The first-order valence-electron chi connectivity index (χ1n) is 16.5. The molecule has 0 fully saturated rings. The number of anilines is 1. The van der Waals surface area contributed by atoms with E-state index in [1.165, 1.54) is 12.1 Å². The van der Waals surface area contributed by atoms with Gasteiger partial charge in [-0.2, -0.15) is 0 Å². The van der Waals surface area contributed by atoms with E-state index in [1.807, 2.05) is 78.9 Å². The van der Waals surface area contributed by atoms with Gasteiger partial charge in [-0.3, -0.25) is 4.79 Å². The summed E-state index contributed by atoms with van der Waals surface area (Å²) in [6.07, 6.45) is 2.30. The molecule has 0 unspecified atom stereocenters. The monoisotopic (exact) mass is 632 g/mol. The van der Waals surface area contributed by atoms with Gasteiger partial charge in [0.25, 0.3) is 5.91 Å². The van der Waals surface area contributed by atoms with Crippen LogP contribution in [0.3, 0.4) is 0 Å². The molecular formula is C41H45FN2O3. The molecule has 1 N–H and O–H groups in total. The average Bonchev–Trinajstić information content (AvgIpc) is 3.45. The Morgan fingerprint density at radius 3 is 2.02 bits per heavy atom. The summed E-state index contributed by atoms with van der Waals surface area (Å²) in [5, 5.41) is 3.15. The molecule has 0 saturated carbocycles. The van der Waals surface area contributed by atoms with Crippen molar-refractivity contribution in [3.05, 3.63) is 138 Å². The largest absolute Gasteiger partial charge is 0.381 e. The van der Waals surface area contributed by atoms with E-state index in [0.717, 1.165) is 52.2 Å². The molecule has 0 saturated heterocycles. The summed E-state index contributed by atoms with van der Waals surface area (Å²) in [6, 6.07) is 36.3. The van der Waals surface area contributed by atoms with Crippen LogP contribution in [0.25, 0.3) is 22.4 Å². The molecule has 0 aliphatic heterocycles. The molecule has 0 bridgehead atoms. The molecular weight excluding hydrogens is 587 g/mol. The van der Waals surface area contributed by atoms with Gasteiger partial charge in [-0.25, -0.2) is 4.39 Å². The van der Waals surface area contributed by atoms with Crippen LogP contribution in [-0.4, -0.2) is 29.8 Å². The molecule has 5 aromatic rings. The molecule has 0 aliphatic carbocycles. The number of hydrogen-bond acceptors (Lipinski definition) is 3. The molecule has 244 valence electrons. The van der Waals surface area contributed by atoms with E-state index in [2.05, 4.69) is 42.8 Å². The van der Waals surface area contributed by atoms with Crippen molar-refractivity contribution in [3.8, 4) is 22.4 Å². The summed E-state index contributed by atoms with van der Waals surface area (Å²) in [6.45, 7) is 7.53. The molecule has 1 heterocycles. The summed E-state index contributed by atoms with van der Waals surface area (Å²) < 4.78 is 28.9. The van der Waals surface area contributed by atoms with Crippen molar-refractivity contribution in [1.29, 1.82) is 0 Å². The van der Waals surface area contributed by atoms with Crippen LogP contribution >= 0.6 is 0 Å². The molecule has 4 aromatic carbocycles. The number of nitrogens with one attached hydrogen (secondary N) is 1. The summed E-state index contributed by atoms with van der Waals surface area (Å²) in [7, 11) is 1.75. The molecule has 1 aromatic heterocycles. The van der Waals surface area contributed by atoms with Gasteiger partial charge in [-0.1, -0.05) is 99.6 Å². The van der Waals surface area contributed by atoms with Crippen molar-refractivity contribution < 1.29 is 18.7 Å². The van der Waals surface area contributed by atoms with Gasteiger partial charge in [0.05, 0.1) is 30.1 Å². The minimum Gasteiger partial charge on any atom is -0.381 e. The van der Waals surface area contributed by atoms with Crippen LogP contribution in [0.15, 0.2) is 115 Å². The van der Waals surface area contributed by atoms with Gasteiger partial charge in [0.1, 0.15) is 5.82 Å². The standard InChI is InChI=1S/C41H45FN2O3/c1-5-35(47-28-30-15-9-6-10-16-30)27-36(46-4)25-26-44-39(29(2)3)38(41(45)43-34-19-13-8-14-20-34)37(31-17-11-7-12-18-31)40(44)32-21-23-33(42)24-22-32/h6-24,29,35-36H,5,25-28H2,1-4H3,(H,43,45)/t35-,36+/m0/s1. The Morgan fingerprint density at radius 2 is 1.43 bits per heavy atom. The van der Waals surface area contributed by atoms with E-state index in [0.29, 0.717) is 25.1 Å². The van der Waals surface area contributed by atoms with Crippen LogP contribution in [0, 0.1) is 5.82 Å². The fourth-order valence-electron chi connectivity index (χ4n) is 6.25. The predicted octanol–water partition coefficient (Wildman–Crippen LogP) is 10.1. The highest BCUT2D eigenvalue weighted by molar-refractivity contribution is 6.12. The van der Waals surface area contributed by atoms with Crippen molar-refractivity contribution in [1.82, 2.24) is 4.57 Å². The number of nitrogens with zero attached hydrogens (tertiary/aromatic N) is 1. The van der Waals surface area contributed by atoms with Crippen LogP contribution < -0.4 is 5.32 Å². The fraction of sp³-hybridized carbons (Fsp3) is 0.293. The molecule has 5 rings (SSSR count). The maximum atomic E-state index is 14.3. The second-order valence-electron chi connectivity index (χ2n) is 12.2. The Labute approximate surface area is 278 Å². The minimum absolute atomic E-state index is 0.0155. The second-order valence-corrected chi connectivity index (χ2v) is 12.2. The fourth-order valence-corrected chi connectivity index (χ4v) is 6.25. The smallest absolute Gasteiger partial charge is 0.258 e. The van der Waals surface area contributed by atoms with Crippen LogP contribution in [0.5, 0.6) is 0 Å². The number of benzene rings is 4. The maximum absolute atomic E-state index is 14.3. The molecule has 6 heteroatoms. The first-order valence-corrected chi connectivity index (χ1v) is 16.5. The number of carbonyl (C=O) groups is 1. The van der Waals surface area contributed by atoms with E-state index in [1.54, 1.807) is 19.2 Å². The maximum Gasteiger partial charge on any atom is 0.258 e. The molecule has 0 spiro atoms. The highest BCUT2D eigenvalue weighted by atomic mass is 19.1. The highest BCUT2D eigenvalue weighted by Gasteiger charge is 2.31. The number of methoxy groups -OCH3 is 1. The van der Waals surface area contributed by atoms with Gasteiger partial charge in [0, 0.05) is 30.6 Å². The minimum atomic E-state index is -0.306. The zero-order valence-electron chi connectivity index (χ0n) is 27.8. The third-order valence-electron chi connectivity index (χ3n) is 8.61. The normalized spacial score (nSPS) is 12.6. The lowest BCUT2D eigenvalue weighted by Crippen LogP contribution is -2.24. The first kappa shape index (κ1) is 33.8. The Balaban J connectivity index is 1.56. The Kier molecular flexibility index (Phi) is 11.8. The SMILES string of the molecule is CC[C@@H](C[C@@H](CCn1c(-c2ccc(F)cc2)c(-c2ccccc2)c(C(=O)Nc2ccccc2)c1C(C)C)OC)OCc1ccccc1. The molecule has 0 aliphatic rings. The lowest BCUT2D eigenvalue weighted by atomic mass is 9.94. The van der Waals surface area contributed by atoms with Gasteiger partial charge in [0.2, 0.25) is 0 Å². The van der Waals surface area contributed by atoms with Crippen LogP contribution in [0.4, 0.5) is 10.1 Å². The van der Waals surface area contributed by atoms with Gasteiger partial charge in [0.15, 0.2) is 0 Å². The number of halogens is 1. The molecule has 1 amide bonds. The topological polar surface area (TPSA) is 52.5 Å². The number of rotatable bonds is 15. The number of amides is 1. The lowest BCUT2D eigenvalue weighted by molar-refractivity contribution is -0.0139. The highest BCUT2D eigenvalue weighted by Crippen LogP contribution is 2.42. The van der Waals surface area contributed by atoms with Crippen LogP contribution in [0.1, 0.15) is 67.6 Å². The lowest BCUT2D eigenvalue weighted by Gasteiger charge is -2.24. The Hall–Kier alpha value is -4.52. The van der Waals surface area contributed by atoms with Crippen LogP contribution in [0.2, 0.25) is 0 Å². The van der Waals surface area contributed by atoms with Crippen LogP contribution in [-0.2, 0) is 22.6 Å². The summed E-state index contributed by atoms with van der Waals surface area (Å²) >= 11 is 0. The quantitative estimate of drug-likeness (QED) is 0.125. The molecule has 47 heavy (non-hydrogen) atoms. The van der Waals surface area contributed by atoms with Gasteiger partial charge in [-0.15, -0.1) is 0 Å². The number of hydrogen-bond donors (Lipinski definition) is 1. The van der Waals surface area contributed by atoms with Crippen molar-refractivity contribution in [2.75, 3.05) is 12.4 Å². The zero-order chi connectivity index (χ0) is 33.2. The third-order valence-corrected chi connectivity index (χ3v) is 8.61. The predicted molar refractivity (Wildman–Crippen MR) is 189 cm³/mol. The summed E-state index contributed by atoms with van der Waals surface area (Å²) in [5.74, 6) is -0.467. The van der Waals surface area contributed by atoms with E-state index in [9.17, 15) is 9.18 Å². The first-order chi connectivity index (χ1) is 22.9. The molecule has 0 radical (unpaired) electrons. The van der Waals surface area contributed by atoms with Gasteiger partial charge < -0.3 is 19.4 Å². The number of ether oxygens (including phenoxy) is 2. The van der Waals surface area contributed by atoms with Crippen molar-refractivity contribution in [2.45, 2.75) is 71.3 Å². The van der Waals surface area contributed by atoms with Crippen molar-refractivity contribution in [3.63, 3.8) is 0 Å². The van der Waals surface area contributed by atoms with E-state index in [-0.39, 0.29) is 29.9 Å².